The molecule has 0 saturated heterocycles. The summed E-state index contributed by atoms with van der Waals surface area (Å²) in [6.07, 6.45) is 6.98. The molecule has 3 rings (SSSR count). The van der Waals surface area contributed by atoms with Crippen molar-refractivity contribution in [1.82, 2.24) is 4.98 Å². The summed E-state index contributed by atoms with van der Waals surface area (Å²) in [5.41, 5.74) is 3.77. The molecule has 1 heterocycles. The van der Waals surface area contributed by atoms with Gasteiger partial charge < -0.3 is 5.11 Å². The molecule has 1 N–H and O–H groups in total. The van der Waals surface area contributed by atoms with Gasteiger partial charge in [-0.25, -0.2) is 4.98 Å². The third-order valence-corrected chi connectivity index (χ3v) is 3.20. The summed E-state index contributed by atoms with van der Waals surface area (Å²) < 4.78 is 0. The van der Waals surface area contributed by atoms with E-state index in [0.717, 1.165) is 12.0 Å². The predicted octanol–water partition coefficient (Wildman–Crippen LogP) is 3.14. The van der Waals surface area contributed by atoms with Crippen LogP contribution < -0.4 is 0 Å². The quantitative estimate of drug-likeness (QED) is 0.805. The van der Waals surface area contributed by atoms with Crippen LogP contribution in [-0.4, -0.2) is 10.1 Å². The van der Waals surface area contributed by atoms with Crippen molar-refractivity contribution in [3.8, 4) is 5.88 Å². The lowest BCUT2D eigenvalue weighted by atomic mass is 9.86. The molecule has 0 bridgehead atoms. The monoisotopic (exact) mass is 223 g/mol. The van der Waals surface area contributed by atoms with Crippen LogP contribution in [0.1, 0.15) is 22.6 Å². The summed E-state index contributed by atoms with van der Waals surface area (Å²) in [5, 5.41) is 9.40. The number of aromatic hydroxyl groups is 1. The van der Waals surface area contributed by atoms with Gasteiger partial charge in [-0.05, 0) is 29.2 Å². The first-order chi connectivity index (χ1) is 8.33. The second kappa shape index (κ2) is 4.06. The highest BCUT2D eigenvalue weighted by Crippen LogP contribution is 2.30. The number of aromatic nitrogens is 1. The van der Waals surface area contributed by atoms with Crippen molar-refractivity contribution in [3.63, 3.8) is 0 Å². The van der Waals surface area contributed by atoms with E-state index in [0.29, 0.717) is 5.92 Å². The summed E-state index contributed by atoms with van der Waals surface area (Å²) in [6.45, 7) is 0. The third-order valence-electron chi connectivity index (χ3n) is 3.20. The lowest BCUT2D eigenvalue weighted by molar-refractivity contribution is 0.452. The van der Waals surface area contributed by atoms with Crippen LogP contribution in [0, 0.1) is 0 Å². The fourth-order valence-electron chi connectivity index (χ4n) is 2.30. The molecule has 0 fully saturated rings. The lowest BCUT2D eigenvalue weighted by Crippen LogP contribution is -2.05. The van der Waals surface area contributed by atoms with E-state index in [1.807, 2.05) is 6.07 Å². The molecule has 0 saturated carbocycles. The Bertz CT molecular complexity index is 575. The third kappa shape index (κ3) is 1.94. The number of fused-ring (bicyclic) bond motifs is 1. The van der Waals surface area contributed by atoms with Crippen molar-refractivity contribution in [3.05, 3.63) is 65.4 Å². The highest BCUT2D eigenvalue weighted by Gasteiger charge is 2.15. The topological polar surface area (TPSA) is 33.1 Å². The van der Waals surface area contributed by atoms with E-state index >= 15 is 0 Å². The molecule has 0 spiro atoms. The number of hydrogen-bond donors (Lipinski definition) is 1. The number of hydrogen-bond acceptors (Lipinski definition) is 2. The maximum atomic E-state index is 9.40. The van der Waals surface area contributed by atoms with Crippen molar-refractivity contribution >= 4 is 6.08 Å². The fourth-order valence-corrected chi connectivity index (χ4v) is 2.30. The molecule has 1 aliphatic carbocycles. The summed E-state index contributed by atoms with van der Waals surface area (Å²) in [4.78, 5) is 3.81. The molecule has 17 heavy (non-hydrogen) atoms. The van der Waals surface area contributed by atoms with Gasteiger partial charge in [0.2, 0.25) is 5.88 Å². The lowest BCUT2D eigenvalue weighted by Gasteiger charge is -2.19. The molecular formula is C15H13NO. The van der Waals surface area contributed by atoms with E-state index in [4.69, 9.17) is 0 Å². The summed E-state index contributed by atoms with van der Waals surface area (Å²) in [7, 11) is 0. The number of nitrogens with zero attached hydrogens (tertiary/aromatic N) is 1. The van der Waals surface area contributed by atoms with Crippen molar-refractivity contribution < 1.29 is 5.11 Å². The van der Waals surface area contributed by atoms with Crippen molar-refractivity contribution in [2.24, 2.45) is 0 Å². The minimum atomic E-state index is 0.0924. The molecule has 2 heteroatoms. The predicted molar refractivity (Wildman–Crippen MR) is 67.8 cm³/mol. The Balaban J connectivity index is 1.95. The van der Waals surface area contributed by atoms with E-state index in [2.05, 4.69) is 41.4 Å². The molecule has 84 valence electrons. The van der Waals surface area contributed by atoms with Crippen molar-refractivity contribution in [2.45, 2.75) is 12.3 Å². The van der Waals surface area contributed by atoms with Gasteiger partial charge in [-0.1, -0.05) is 36.4 Å². The standard InChI is InChI=1S/C15H13NO/c17-15-10-14(7-8-16-15)13-6-5-11-3-1-2-4-12(11)9-13/h1-8,10,13H,9H2,(H,16,17). The van der Waals surface area contributed by atoms with Gasteiger partial charge in [-0.3, -0.25) is 0 Å². The van der Waals surface area contributed by atoms with Crippen LogP contribution in [0.2, 0.25) is 0 Å². The van der Waals surface area contributed by atoms with E-state index in [1.54, 1.807) is 12.3 Å². The molecule has 1 aromatic heterocycles. The van der Waals surface area contributed by atoms with Gasteiger partial charge in [-0.15, -0.1) is 0 Å². The first-order valence-corrected chi connectivity index (χ1v) is 5.74. The SMILES string of the molecule is Oc1cc(C2C=Cc3ccccc3C2)ccn1. The van der Waals surface area contributed by atoms with E-state index in [-0.39, 0.29) is 5.88 Å². The largest absolute Gasteiger partial charge is 0.493 e. The van der Waals surface area contributed by atoms with Crippen molar-refractivity contribution in [1.29, 1.82) is 0 Å². The molecular weight excluding hydrogens is 210 g/mol. The van der Waals surface area contributed by atoms with Crippen LogP contribution in [0.25, 0.3) is 6.08 Å². The van der Waals surface area contributed by atoms with Gasteiger partial charge >= 0.3 is 0 Å². The first-order valence-electron chi connectivity index (χ1n) is 5.74. The minimum Gasteiger partial charge on any atom is -0.493 e. The average molecular weight is 223 g/mol. The van der Waals surface area contributed by atoms with Crippen molar-refractivity contribution in [2.75, 3.05) is 0 Å². The van der Waals surface area contributed by atoms with Gasteiger partial charge in [0.05, 0.1) is 0 Å². The number of pyridine rings is 1. The fraction of sp³-hybridized carbons (Fsp3) is 0.133. The minimum absolute atomic E-state index is 0.0924. The Morgan fingerprint density at radius 3 is 2.94 bits per heavy atom. The zero-order chi connectivity index (χ0) is 11.7. The van der Waals surface area contributed by atoms with Crippen LogP contribution in [0.4, 0.5) is 0 Å². The Kier molecular flexibility index (Phi) is 2.41. The number of benzene rings is 1. The normalized spacial score (nSPS) is 17.8. The van der Waals surface area contributed by atoms with Gasteiger partial charge in [-0.2, -0.15) is 0 Å². The van der Waals surface area contributed by atoms with Gasteiger partial charge in [0, 0.05) is 18.2 Å². The molecule has 1 unspecified atom stereocenters. The zero-order valence-corrected chi connectivity index (χ0v) is 9.38. The molecule has 0 radical (unpaired) electrons. The van der Waals surface area contributed by atoms with Crippen LogP contribution in [0.15, 0.2) is 48.7 Å². The number of allylic oxidation sites excluding steroid dienone is 1. The highest BCUT2D eigenvalue weighted by molar-refractivity contribution is 5.58. The zero-order valence-electron chi connectivity index (χ0n) is 9.38. The average Bonchev–Trinajstić information content (AvgIpc) is 2.38. The Morgan fingerprint density at radius 2 is 2.06 bits per heavy atom. The summed E-state index contributed by atoms with van der Waals surface area (Å²) in [6, 6.07) is 12.1. The first kappa shape index (κ1) is 10.1. The van der Waals surface area contributed by atoms with E-state index < -0.39 is 0 Å². The maximum Gasteiger partial charge on any atom is 0.210 e. The molecule has 2 aromatic rings. The molecule has 0 amide bonds. The van der Waals surface area contributed by atoms with Crippen LogP contribution in [-0.2, 0) is 6.42 Å². The summed E-state index contributed by atoms with van der Waals surface area (Å²) >= 11 is 0. The summed E-state index contributed by atoms with van der Waals surface area (Å²) in [5.74, 6) is 0.425. The van der Waals surface area contributed by atoms with Gasteiger partial charge in [0.25, 0.3) is 0 Å². The number of rotatable bonds is 1. The Morgan fingerprint density at radius 1 is 1.18 bits per heavy atom. The van der Waals surface area contributed by atoms with Gasteiger partial charge in [0.15, 0.2) is 0 Å². The second-order valence-electron chi connectivity index (χ2n) is 4.32. The molecule has 1 aromatic carbocycles. The highest BCUT2D eigenvalue weighted by atomic mass is 16.3. The molecule has 1 aliphatic rings. The molecule has 1 atom stereocenters. The maximum absolute atomic E-state index is 9.40. The second-order valence-corrected chi connectivity index (χ2v) is 4.32. The Labute approximate surface area is 100 Å². The molecule has 0 aliphatic heterocycles. The van der Waals surface area contributed by atoms with Gasteiger partial charge in [0.1, 0.15) is 0 Å². The van der Waals surface area contributed by atoms with E-state index in [1.165, 1.54) is 11.1 Å². The van der Waals surface area contributed by atoms with Crippen LogP contribution in [0.5, 0.6) is 5.88 Å². The Hall–Kier alpha value is -2.09. The molecule has 2 nitrogen and oxygen atoms in total. The van der Waals surface area contributed by atoms with E-state index in [9.17, 15) is 5.11 Å². The smallest absolute Gasteiger partial charge is 0.210 e. The van der Waals surface area contributed by atoms with Crippen LogP contribution in [0.3, 0.4) is 0 Å². The van der Waals surface area contributed by atoms with Crippen LogP contribution >= 0.6 is 0 Å².